The molecule has 3 atom stereocenters. The molecule has 1 saturated heterocycles. The Balaban J connectivity index is 1.89. The number of hydrogen-bond acceptors (Lipinski definition) is 4. The SMILES string of the molecule is N#Cc1ccccc1S(=O)(=O)N1C[C@H]2CCC(N)C[C@H]2C1. The van der Waals surface area contributed by atoms with Gasteiger partial charge in [0.2, 0.25) is 10.0 Å². The number of nitrogens with two attached hydrogens (primary N) is 1. The van der Waals surface area contributed by atoms with E-state index in [0.717, 1.165) is 19.3 Å². The van der Waals surface area contributed by atoms with Gasteiger partial charge < -0.3 is 5.73 Å². The number of hydrogen-bond donors (Lipinski definition) is 1. The van der Waals surface area contributed by atoms with Gasteiger partial charge in [0.25, 0.3) is 0 Å². The molecule has 6 heteroatoms. The summed E-state index contributed by atoms with van der Waals surface area (Å²) in [7, 11) is -3.59. The minimum Gasteiger partial charge on any atom is -0.328 e. The smallest absolute Gasteiger partial charge is 0.244 e. The highest BCUT2D eigenvalue weighted by Crippen LogP contribution is 2.38. The number of fused-ring (bicyclic) bond motifs is 1. The molecular formula is C15H19N3O2S. The maximum atomic E-state index is 12.8. The van der Waals surface area contributed by atoms with Crippen molar-refractivity contribution >= 4 is 10.0 Å². The quantitative estimate of drug-likeness (QED) is 0.892. The molecule has 1 aliphatic carbocycles. The summed E-state index contributed by atoms with van der Waals surface area (Å²) in [4.78, 5) is 0.121. The van der Waals surface area contributed by atoms with Gasteiger partial charge in [-0.25, -0.2) is 8.42 Å². The summed E-state index contributed by atoms with van der Waals surface area (Å²) in [5, 5.41) is 9.12. The van der Waals surface area contributed by atoms with Crippen LogP contribution in [0.1, 0.15) is 24.8 Å². The average Bonchev–Trinajstić information content (AvgIpc) is 2.91. The molecule has 0 bridgehead atoms. The van der Waals surface area contributed by atoms with E-state index in [1.54, 1.807) is 18.2 Å². The third kappa shape index (κ3) is 2.57. The Morgan fingerprint density at radius 3 is 2.67 bits per heavy atom. The molecule has 112 valence electrons. The van der Waals surface area contributed by atoms with Crippen LogP contribution in [0, 0.1) is 23.2 Å². The van der Waals surface area contributed by atoms with Crippen LogP contribution < -0.4 is 5.73 Å². The lowest BCUT2D eigenvalue weighted by Crippen LogP contribution is -2.32. The van der Waals surface area contributed by atoms with E-state index in [0.29, 0.717) is 24.9 Å². The minimum atomic E-state index is -3.59. The molecule has 2 aliphatic rings. The Bertz CT molecular complexity index is 680. The lowest BCUT2D eigenvalue weighted by Gasteiger charge is -2.28. The second-order valence-electron chi connectivity index (χ2n) is 6.02. The van der Waals surface area contributed by atoms with Gasteiger partial charge in [0.15, 0.2) is 0 Å². The molecule has 0 radical (unpaired) electrons. The van der Waals surface area contributed by atoms with Gasteiger partial charge >= 0.3 is 0 Å². The predicted molar refractivity (Wildman–Crippen MR) is 78.7 cm³/mol. The molecule has 0 amide bonds. The highest BCUT2D eigenvalue weighted by atomic mass is 32.2. The van der Waals surface area contributed by atoms with Gasteiger partial charge in [0.1, 0.15) is 6.07 Å². The standard InChI is InChI=1S/C15H19N3O2S/c16-8-11-3-1-2-4-15(11)21(19,20)18-9-12-5-6-14(17)7-13(12)10-18/h1-4,12-14H,5-7,9-10,17H2/t12-,13+,14?/m1/s1. The van der Waals surface area contributed by atoms with Crippen LogP contribution in [-0.4, -0.2) is 31.9 Å². The molecule has 2 N–H and O–H groups in total. The van der Waals surface area contributed by atoms with Crippen LogP contribution in [0.15, 0.2) is 29.2 Å². The van der Waals surface area contributed by atoms with E-state index in [1.165, 1.54) is 10.4 Å². The molecule has 5 nitrogen and oxygen atoms in total. The summed E-state index contributed by atoms with van der Waals surface area (Å²) >= 11 is 0. The molecule has 1 unspecified atom stereocenters. The largest absolute Gasteiger partial charge is 0.328 e. The van der Waals surface area contributed by atoms with Crippen molar-refractivity contribution in [1.82, 2.24) is 4.31 Å². The van der Waals surface area contributed by atoms with Crippen LogP contribution in [0.4, 0.5) is 0 Å². The fourth-order valence-electron chi connectivity index (χ4n) is 3.54. The van der Waals surface area contributed by atoms with Gasteiger partial charge in [-0.15, -0.1) is 0 Å². The van der Waals surface area contributed by atoms with E-state index in [1.807, 2.05) is 6.07 Å². The first kappa shape index (κ1) is 14.5. The van der Waals surface area contributed by atoms with E-state index in [4.69, 9.17) is 11.0 Å². The molecule has 1 aromatic carbocycles. The van der Waals surface area contributed by atoms with Crippen LogP contribution in [-0.2, 0) is 10.0 Å². The molecule has 1 heterocycles. The maximum absolute atomic E-state index is 12.8. The van der Waals surface area contributed by atoms with Crippen molar-refractivity contribution < 1.29 is 8.42 Å². The first-order chi connectivity index (χ1) is 10.0. The topological polar surface area (TPSA) is 87.2 Å². The average molecular weight is 305 g/mol. The third-order valence-electron chi connectivity index (χ3n) is 4.68. The van der Waals surface area contributed by atoms with Crippen LogP contribution in [0.25, 0.3) is 0 Å². The minimum absolute atomic E-state index is 0.121. The fourth-order valence-corrected chi connectivity index (χ4v) is 5.24. The number of nitrogens with zero attached hydrogens (tertiary/aromatic N) is 2. The summed E-state index contributed by atoms with van der Waals surface area (Å²) < 4.78 is 27.1. The van der Waals surface area contributed by atoms with Crippen LogP contribution >= 0.6 is 0 Å². The van der Waals surface area contributed by atoms with Gasteiger partial charge in [-0.3, -0.25) is 0 Å². The summed E-state index contributed by atoms with van der Waals surface area (Å²) in [5.41, 5.74) is 6.20. The van der Waals surface area contributed by atoms with Crippen molar-refractivity contribution in [3.63, 3.8) is 0 Å². The first-order valence-electron chi connectivity index (χ1n) is 7.27. The molecule has 2 fully saturated rings. The molecule has 1 saturated carbocycles. The fraction of sp³-hybridized carbons (Fsp3) is 0.533. The summed E-state index contributed by atoms with van der Waals surface area (Å²) in [5.74, 6) is 0.770. The van der Waals surface area contributed by atoms with Crippen molar-refractivity contribution in [3.8, 4) is 6.07 Å². The Labute approximate surface area is 125 Å². The number of rotatable bonds is 2. The molecule has 3 rings (SSSR count). The molecule has 1 aliphatic heterocycles. The predicted octanol–water partition coefficient (Wildman–Crippen LogP) is 1.31. The highest BCUT2D eigenvalue weighted by molar-refractivity contribution is 7.89. The number of sulfonamides is 1. The second-order valence-corrected chi connectivity index (χ2v) is 7.93. The van der Waals surface area contributed by atoms with E-state index in [9.17, 15) is 8.42 Å². The zero-order valence-corrected chi connectivity index (χ0v) is 12.6. The zero-order chi connectivity index (χ0) is 15.0. The zero-order valence-electron chi connectivity index (χ0n) is 11.8. The lowest BCUT2D eigenvalue weighted by atomic mass is 9.79. The Morgan fingerprint density at radius 2 is 1.90 bits per heavy atom. The monoisotopic (exact) mass is 305 g/mol. The number of benzene rings is 1. The number of nitriles is 1. The van der Waals surface area contributed by atoms with Crippen molar-refractivity contribution in [3.05, 3.63) is 29.8 Å². The second kappa shape index (κ2) is 5.41. The summed E-state index contributed by atoms with van der Waals surface area (Å²) in [6.45, 7) is 1.08. The maximum Gasteiger partial charge on any atom is 0.244 e. The molecule has 0 aromatic heterocycles. The van der Waals surface area contributed by atoms with E-state index in [2.05, 4.69) is 0 Å². The van der Waals surface area contributed by atoms with Crippen LogP contribution in [0.5, 0.6) is 0 Å². The molecular weight excluding hydrogens is 286 g/mol. The van der Waals surface area contributed by atoms with Gasteiger partial charge in [-0.2, -0.15) is 9.57 Å². The van der Waals surface area contributed by atoms with Crippen LogP contribution in [0.2, 0.25) is 0 Å². The summed E-state index contributed by atoms with van der Waals surface area (Å²) in [6.07, 6.45) is 2.87. The lowest BCUT2D eigenvalue weighted by molar-refractivity contribution is 0.271. The highest BCUT2D eigenvalue weighted by Gasteiger charge is 2.42. The van der Waals surface area contributed by atoms with Crippen molar-refractivity contribution in [2.75, 3.05) is 13.1 Å². The van der Waals surface area contributed by atoms with E-state index >= 15 is 0 Å². The van der Waals surface area contributed by atoms with E-state index in [-0.39, 0.29) is 16.5 Å². The van der Waals surface area contributed by atoms with Gasteiger partial charge in [0, 0.05) is 19.1 Å². The first-order valence-corrected chi connectivity index (χ1v) is 8.71. The van der Waals surface area contributed by atoms with Gasteiger partial charge in [-0.1, -0.05) is 12.1 Å². The van der Waals surface area contributed by atoms with Gasteiger partial charge in [0.05, 0.1) is 10.5 Å². The Kier molecular flexibility index (Phi) is 3.74. The van der Waals surface area contributed by atoms with E-state index < -0.39 is 10.0 Å². The Morgan fingerprint density at radius 1 is 1.19 bits per heavy atom. The van der Waals surface area contributed by atoms with Crippen LogP contribution in [0.3, 0.4) is 0 Å². The molecule has 1 aromatic rings. The Hall–Kier alpha value is -1.42. The normalized spacial score (nSPS) is 29.8. The van der Waals surface area contributed by atoms with Crippen molar-refractivity contribution in [2.45, 2.75) is 30.2 Å². The van der Waals surface area contributed by atoms with Crippen molar-refractivity contribution in [2.24, 2.45) is 17.6 Å². The molecule has 0 spiro atoms. The molecule has 21 heavy (non-hydrogen) atoms. The third-order valence-corrected chi connectivity index (χ3v) is 6.57. The van der Waals surface area contributed by atoms with Gasteiger partial charge in [-0.05, 0) is 43.2 Å². The van der Waals surface area contributed by atoms with Crippen molar-refractivity contribution in [1.29, 1.82) is 5.26 Å². The summed E-state index contributed by atoms with van der Waals surface area (Å²) in [6, 6.07) is 8.57.